The van der Waals surface area contributed by atoms with Gasteiger partial charge in [-0.05, 0) is 30.3 Å². The molecule has 0 atom stereocenters. The van der Waals surface area contributed by atoms with Gasteiger partial charge in [-0.2, -0.15) is 4.99 Å². The van der Waals surface area contributed by atoms with Crippen LogP contribution in [0.1, 0.15) is 11.8 Å². The van der Waals surface area contributed by atoms with E-state index in [9.17, 15) is 19.7 Å². The van der Waals surface area contributed by atoms with E-state index in [1.54, 1.807) is 19.2 Å². The molecule has 0 aliphatic carbocycles. The summed E-state index contributed by atoms with van der Waals surface area (Å²) in [7, 11) is 1.59. The van der Waals surface area contributed by atoms with Crippen LogP contribution in [0.3, 0.4) is 0 Å². The maximum atomic E-state index is 12.4. The topological polar surface area (TPSA) is 116 Å². The van der Waals surface area contributed by atoms with Gasteiger partial charge in [-0.15, -0.1) is 0 Å². The summed E-state index contributed by atoms with van der Waals surface area (Å²) >= 11 is 2.30. The quantitative estimate of drug-likeness (QED) is 0.339. The van der Waals surface area contributed by atoms with Crippen LogP contribution in [0, 0.1) is 10.1 Å². The number of anilines is 1. The summed E-state index contributed by atoms with van der Waals surface area (Å²) in [5.74, 6) is -0.650. The van der Waals surface area contributed by atoms with Crippen LogP contribution >= 0.6 is 22.7 Å². The second-order valence-electron chi connectivity index (χ2n) is 6.11. The van der Waals surface area contributed by atoms with Crippen LogP contribution in [0.2, 0.25) is 0 Å². The molecule has 0 fully saturated rings. The largest absolute Gasteiger partial charge is 0.383 e. The molecule has 0 bridgehead atoms. The minimum absolute atomic E-state index is 0.0101. The summed E-state index contributed by atoms with van der Waals surface area (Å²) in [6.45, 7) is 2.38. The molecule has 0 aliphatic heterocycles. The van der Waals surface area contributed by atoms with Gasteiger partial charge in [0, 0.05) is 43.3 Å². The fraction of sp³-hybridized carbons (Fsp3) is 0.211. The summed E-state index contributed by atoms with van der Waals surface area (Å²) in [6.07, 6.45) is 2.79. The molecule has 0 spiro atoms. The number of benzene rings is 1. The van der Waals surface area contributed by atoms with E-state index in [1.165, 1.54) is 36.5 Å². The van der Waals surface area contributed by atoms with Gasteiger partial charge in [-0.3, -0.25) is 19.7 Å². The molecule has 11 heteroatoms. The van der Waals surface area contributed by atoms with E-state index in [2.05, 4.69) is 10.3 Å². The number of nitrogens with zero attached hydrogens (tertiary/aromatic N) is 3. The molecule has 0 radical (unpaired) electrons. The molecule has 0 aliphatic rings. The van der Waals surface area contributed by atoms with E-state index in [-0.39, 0.29) is 10.9 Å². The van der Waals surface area contributed by atoms with Gasteiger partial charge in [0.2, 0.25) is 5.91 Å². The van der Waals surface area contributed by atoms with E-state index in [1.807, 2.05) is 16.7 Å². The van der Waals surface area contributed by atoms with Gasteiger partial charge in [-0.25, -0.2) is 0 Å². The van der Waals surface area contributed by atoms with Gasteiger partial charge in [0.1, 0.15) is 0 Å². The van der Waals surface area contributed by atoms with Crippen molar-refractivity contribution in [1.29, 1.82) is 0 Å². The lowest BCUT2D eigenvalue weighted by molar-refractivity contribution is -0.380. The fourth-order valence-corrected chi connectivity index (χ4v) is 4.48. The lowest BCUT2D eigenvalue weighted by atomic mass is 10.3. The van der Waals surface area contributed by atoms with Crippen molar-refractivity contribution in [3.63, 3.8) is 0 Å². The Kier molecular flexibility index (Phi) is 6.87. The zero-order chi connectivity index (χ0) is 21.7. The number of hydrogen-bond acceptors (Lipinski definition) is 7. The number of thiazole rings is 1. The van der Waals surface area contributed by atoms with Gasteiger partial charge >= 0.3 is 5.00 Å². The molecule has 156 valence electrons. The van der Waals surface area contributed by atoms with Crippen LogP contribution < -0.4 is 10.1 Å². The van der Waals surface area contributed by atoms with E-state index >= 15 is 0 Å². The Morgan fingerprint density at radius 1 is 1.30 bits per heavy atom. The molecule has 0 saturated heterocycles. The van der Waals surface area contributed by atoms with E-state index in [0.29, 0.717) is 28.5 Å². The van der Waals surface area contributed by atoms with Crippen molar-refractivity contribution in [3.8, 4) is 0 Å². The van der Waals surface area contributed by atoms with Gasteiger partial charge in [0.05, 0.1) is 21.7 Å². The summed E-state index contributed by atoms with van der Waals surface area (Å²) in [5.41, 5.74) is 1.53. The number of fused-ring (bicyclic) bond motifs is 1. The summed E-state index contributed by atoms with van der Waals surface area (Å²) in [5, 5.41) is 13.5. The lowest BCUT2D eigenvalue weighted by Gasteiger charge is -2.05. The van der Waals surface area contributed by atoms with Crippen molar-refractivity contribution in [3.05, 3.63) is 56.2 Å². The predicted octanol–water partition coefficient (Wildman–Crippen LogP) is 3.42. The number of thiophene rings is 1. The molecule has 1 N–H and O–H groups in total. The monoisotopic (exact) mass is 446 g/mol. The maximum Gasteiger partial charge on any atom is 0.324 e. The minimum Gasteiger partial charge on any atom is -0.383 e. The molecule has 2 amide bonds. The fourth-order valence-electron chi connectivity index (χ4n) is 2.65. The highest BCUT2D eigenvalue weighted by Crippen LogP contribution is 2.25. The van der Waals surface area contributed by atoms with Gasteiger partial charge < -0.3 is 14.6 Å². The van der Waals surface area contributed by atoms with Crippen molar-refractivity contribution in [2.45, 2.75) is 13.5 Å². The van der Waals surface area contributed by atoms with Crippen molar-refractivity contribution < 1.29 is 19.2 Å². The molecule has 0 saturated carbocycles. The summed E-state index contributed by atoms with van der Waals surface area (Å²) in [4.78, 5) is 39.2. The molecule has 0 unspecified atom stereocenters. The van der Waals surface area contributed by atoms with Gasteiger partial charge in [0.25, 0.3) is 5.91 Å². The van der Waals surface area contributed by atoms with Crippen molar-refractivity contribution in [1.82, 2.24) is 4.57 Å². The molecule has 3 aromatic rings. The maximum absolute atomic E-state index is 12.4. The standard InChI is InChI=1S/C19H18N4O5S2/c1-12(24)20-13-3-6-15-16(11-13)30-19(22(15)9-10-28-2)21-17(25)7-4-14-5-8-18(29-14)23(26)27/h3-8,11H,9-10H2,1-2H3,(H,20,24). The zero-order valence-electron chi connectivity index (χ0n) is 16.2. The average molecular weight is 447 g/mol. The summed E-state index contributed by atoms with van der Waals surface area (Å²) < 4.78 is 7.90. The van der Waals surface area contributed by atoms with Crippen LogP contribution in [0.25, 0.3) is 16.3 Å². The zero-order valence-corrected chi connectivity index (χ0v) is 17.8. The number of aromatic nitrogens is 1. The number of ether oxygens (including phenoxy) is 1. The highest BCUT2D eigenvalue weighted by atomic mass is 32.1. The Morgan fingerprint density at radius 2 is 2.10 bits per heavy atom. The van der Waals surface area contributed by atoms with Crippen LogP contribution in [-0.2, 0) is 20.9 Å². The Labute approximate surface area is 179 Å². The van der Waals surface area contributed by atoms with Crippen molar-refractivity contribution in [2.24, 2.45) is 4.99 Å². The number of nitro groups is 1. The highest BCUT2D eigenvalue weighted by Gasteiger charge is 2.10. The third-order valence-corrected chi connectivity index (χ3v) is 5.95. The first kappa shape index (κ1) is 21.6. The third kappa shape index (κ3) is 5.26. The number of rotatable bonds is 7. The van der Waals surface area contributed by atoms with Crippen molar-refractivity contribution in [2.75, 3.05) is 19.0 Å². The lowest BCUT2D eigenvalue weighted by Crippen LogP contribution is -2.18. The predicted molar refractivity (Wildman–Crippen MR) is 117 cm³/mol. The van der Waals surface area contributed by atoms with Gasteiger partial charge in [0.15, 0.2) is 4.80 Å². The van der Waals surface area contributed by atoms with Crippen LogP contribution in [0.15, 0.2) is 41.4 Å². The molecule has 2 aromatic heterocycles. The molecule has 1 aromatic carbocycles. The minimum atomic E-state index is -0.481. The number of methoxy groups -OCH3 is 1. The molecule has 3 rings (SSSR count). The SMILES string of the molecule is COCCn1c(=NC(=O)C=Cc2ccc([N+](=O)[O-])s2)sc2cc(NC(C)=O)ccc21. The number of hydrogen-bond donors (Lipinski definition) is 1. The first-order valence-corrected chi connectivity index (χ1v) is 10.4. The third-order valence-electron chi connectivity index (χ3n) is 3.91. The number of carbonyl (C=O) groups excluding carboxylic acids is 2. The highest BCUT2D eigenvalue weighted by molar-refractivity contribution is 7.16. The van der Waals surface area contributed by atoms with Crippen molar-refractivity contribution >= 4 is 61.5 Å². The molecular formula is C19H18N4O5S2. The first-order valence-electron chi connectivity index (χ1n) is 8.78. The second-order valence-corrected chi connectivity index (χ2v) is 8.21. The van der Waals surface area contributed by atoms with Crippen LogP contribution in [0.5, 0.6) is 0 Å². The van der Waals surface area contributed by atoms with Crippen LogP contribution in [0.4, 0.5) is 10.7 Å². The Hall–Kier alpha value is -3.15. The molecule has 30 heavy (non-hydrogen) atoms. The Bertz CT molecular complexity index is 1210. The first-order chi connectivity index (χ1) is 14.4. The number of amides is 2. The smallest absolute Gasteiger partial charge is 0.324 e. The molecule has 2 heterocycles. The number of carbonyl (C=O) groups is 2. The van der Waals surface area contributed by atoms with Crippen LogP contribution in [-0.4, -0.2) is 35.0 Å². The normalized spacial score (nSPS) is 12.0. The van der Waals surface area contributed by atoms with E-state index in [4.69, 9.17) is 4.74 Å². The number of nitrogens with one attached hydrogen (secondary N) is 1. The summed E-state index contributed by atoms with van der Waals surface area (Å²) in [6, 6.07) is 8.44. The van der Waals surface area contributed by atoms with E-state index < -0.39 is 10.8 Å². The van der Waals surface area contributed by atoms with E-state index in [0.717, 1.165) is 21.6 Å². The average Bonchev–Trinajstić information content (AvgIpc) is 3.28. The second kappa shape index (κ2) is 9.57. The molecule has 9 nitrogen and oxygen atoms in total. The molecular weight excluding hydrogens is 428 g/mol. The Balaban J connectivity index is 1.93. The Morgan fingerprint density at radius 3 is 2.77 bits per heavy atom. The van der Waals surface area contributed by atoms with Gasteiger partial charge in [-0.1, -0.05) is 22.7 Å².